The lowest BCUT2D eigenvalue weighted by Gasteiger charge is -2.40. The molecular formula is C18H30N2O. The summed E-state index contributed by atoms with van der Waals surface area (Å²) >= 11 is 0. The highest BCUT2D eigenvalue weighted by molar-refractivity contribution is 5.26. The third kappa shape index (κ3) is 4.06. The van der Waals surface area contributed by atoms with E-state index in [0.717, 1.165) is 5.92 Å². The summed E-state index contributed by atoms with van der Waals surface area (Å²) in [5, 5.41) is 0. The van der Waals surface area contributed by atoms with E-state index < -0.39 is 0 Å². The summed E-state index contributed by atoms with van der Waals surface area (Å²) in [6.07, 6.45) is 5.37. The average Bonchev–Trinajstić information content (AvgIpc) is 2.49. The molecule has 0 spiro atoms. The Morgan fingerprint density at radius 1 is 1.33 bits per heavy atom. The second-order valence-corrected chi connectivity index (χ2v) is 6.42. The normalized spacial score (nSPS) is 24.2. The maximum Gasteiger partial charge on any atom is 0.0713 e. The van der Waals surface area contributed by atoms with E-state index in [9.17, 15) is 0 Å². The summed E-state index contributed by atoms with van der Waals surface area (Å²) in [5.74, 6) is 0.764. The molecule has 118 valence electrons. The monoisotopic (exact) mass is 290 g/mol. The van der Waals surface area contributed by atoms with Crippen LogP contribution in [0.15, 0.2) is 24.3 Å². The molecule has 0 heterocycles. The zero-order valence-electron chi connectivity index (χ0n) is 13.7. The first-order chi connectivity index (χ1) is 10.2. The number of benzene rings is 1. The standard InChI is InChI=1S/C18H30N2O/c1-14-7-4-5-10-17(14)20(2)18(12-19)16-9-6-8-15(11-16)13-21-3/h6,8-9,11,14,17-18H,4-5,7,10,12-13,19H2,1-3H3. The predicted octanol–water partition coefficient (Wildman–Crippen LogP) is 3.34. The van der Waals surface area contributed by atoms with Crippen molar-refractivity contribution in [1.82, 2.24) is 4.90 Å². The number of rotatable bonds is 6. The van der Waals surface area contributed by atoms with Crippen molar-refractivity contribution in [3.8, 4) is 0 Å². The number of ether oxygens (including phenoxy) is 1. The van der Waals surface area contributed by atoms with Crippen LogP contribution in [0.2, 0.25) is 0 Å². The molecule has 2 N–H and O–H groups in total. The fourth-order valence-electron chi connectivity index (χ4n) is 3.73. The maximum absolute atomic E-state index is 6.11. The summed E-state index contributed by atoms with van der Waals surface area (Å²) in [6.45, 7) is 3.71. The molecule has 0 saturated heterocycles. The average molecular weight is 290 g/mol. The van der Waals surface area contributed by atoms with E-state index in [1.807, 2.05) is 0 Å². The molecular weight excluding hydrogens is 260 g/mol. The van der Waals surface area contributed by atoms with Crippen molar-refractivity contribution in [2.24, 2.45) is 11.7 Å². The molecule has 1 aromatic rings. The van der Waals surface area contributed by atoms with Gasteiger partial charge in [0.15, 0.2) is 0 Å². The molecule has 1 aliphatic rings. The number of likely N-dealkylation sites (N-methyl/N-ethyl adjacent to an activating group) is 1. The van der Waals surface area contributed by atoms with Crippen LogP contribution in [0, 0.1) is 5.92 Å². The van der Waals surface area contributed by atoms with Gasteiger partial charge < -0.3 is 10.5 Å². The molecule has 0 aliphatic heterocycles. The van der Waals surface area contributed by atoms with Gasteiger partial charge in [-0.2, -0.15) is 0 Å². The molecule has 3 heteroatoms. The van der Waals surface area contributed by atoms with E-state index in [2.05, 4.69) is 43.1 Å². The van der Waals surface area contributed by atoms with Crippen molar-refractivity contribution in [3.63, 3.8) is 0 Å². The van der Waals surface area contributed by atoms with Gasteiger partial charge in [-0.3, -0.25) is 4.90 Å². The lowest BCUT2D eigenvalue weighted by molar-refractivity contribution is 0.0990. The highest BCUT2D eigenvalue weighted by Gasteiger charge is 2.29. The molecule has 1 fully saturated rings. The third-order valence-corrected chi connectivity index (χ3v) is 4.95. The van der Waals surface area contributed by atoms with Gasteiger partial charge in [-0.25, -0.2) is 0 Å². The van der Waals surface area contributed by atoms with E-state index in [0.29, 0.717) is 25.2 Å². The van der Waals surface area contributed by atoms with Gasteiger partial charge in [0.25, 0.3) is 0 Å². The SMILES string of the molecule is COCc1cccc(C(CN)N(C)C2CCCCC2C)c1. The number of nitrogens with two attached hydrogens (primary N) is 1. The van der Waals surface area contributed by atoms with Crippen molar-refractivity contribution >= 4 is 0 Å². The second kappa shape index (κ2) is 7.92. The van der Waals surface area contributed by atoms with Crippen LogP contribution in [0.25, 0.3) is 0 Å². The number of methoxy groups -OCH3 is 1. The maximum atomic E-state index is 6.11. The Morgan fingerprint density at radius 2 is 2.10 bits per heavy atom. The molecule has 3 unspecified atom stereocenters. The molecule has 2 rings (SSSR count). The minimum Gasteiger partial charge on any atom is -0.380 e. The van der Waals surface area contributed by atoms with Gasteiger partial charge in [0.1, 0.15) is 0 Å². The molecule has 0 amide bonds. The topological polar surface area (TPSA) is 38.5 Å². The van der Waals surface area contributed by atoms with Crippen molar-refractivity contribution in [2.45, 2.75) is 51.3 Å². The molecule has 1 saturated carbocycles. The fourth-order valence-corrected chi connectivity index (χ4v) is 3.73. The van der Waals surface area contributed by atoms with E-state index >= 15 is 0 Å². The lowest BCUT2D eigenvalue weighted by atomic mass is 9.84. The largest absolute Gasteiger partial charge is 0.380 e. The Kier molecular flexibility index (Phi) is 6.22. The number of hydrogen-bond donors (Lipinski definition) is 1. The van der Waals surface area contributed by atoms with Gasteiger partial charge in [-0.1, -0.05) is 44.0 Å². The van der Waals surface area contributed by atoms with E-state index in [1.165, 1.54) is 36.8 Å². The predicted molar refractivity (Wildman–Crippen MR) is 88.1 cm³/mol. The first kappa shape index (κ1) is 16.5. The zero-order chi connectivity index (χ0) is 15.2. The molecule has 3 nitrogen and oxygen atoms in total. The van der Waals surface area contributed by atoms with Gasteiger partial charge in [-0.15, -0.1) is 0 Å². The highest BCUT2D eigenvalue weighted by atomic mass is 16.5. The van der Waals surface area contributed by atoms with Gasteiger partial charge in [0.2, 0.25) is 0 Å². The first-order valence-electron chi connectivity index (χ1n) is 8.17. The van der Waals surface area contributed by atoms with Crippen LogP contribution in [-0.2, 0) is 11.3 Å². The Labute approximate surface area is 129 Å². The number of nitrogens with zero attached hydrogens (tertiary/aromatic N) is 1. The van der Waals surface area contributed by atoms with E-state index in [1.54, 1.807) is 7.11 Å². The Hall–Kier alpha value is -0.900. The van der Waals surface area contributed by atoms with Crippen LogP contribution in [0.1, 0.15) is 49.8 Å². The zero-order valence-corrected chi connectivity index (χ0v) is 13.7. The summed E-state index contributed by atoms with van der Waals surface area (Å²) in [5.41, 5.74) is 8.64. The smallest absolute Gasteiger partial charge is 0.0713 e. The summed E-state index contributed by atoms with van der Waals surface area (Å²) in [7, 11) is 3.98. The van der Waals surface area contributed by atoms with Crippen molar-refractivity contribution in [1.29, 1.82) is 0 Å². The molecule has 0 radical (unpaired) electrons. The van der Waals surface area contributed by atoms with Crippen LogP contribution in [0.5, 0.6) is 0 Å². The third-order valence-electron chi connectivity index (χ3n) is 4.95. The van der Waals surface area contributed by atoms with Gasteiger partial charge >= 0.3 is 0 Å². The van der Waals surface area contributed by atoms with Gasteiger partial charge in [0.05, 0.1) is 6.61 Å². The Morgan fingerprint density at radius 3 is 2.76 bits per heavy atom. The summed E-state index contributed by atoms with van der Waals surface area (Å²) in [6, 6.07) is 9.62. The molecule has 0 aromatic heterocycles. The van der Waals surface area contributed by atoms with Gasteiger partial charge in [-0.05, 0) is 36.9 Å². The number of hydrogen-bond acceptors (Lipinski definition) is 3. The minimum absolute atomic E-state index is 0.298. The summed E-state index contributed by atoms with van der Waals surface area (Å²) in [4.78, 5) is 2.51. The van der Waals surface area contributed by atoms with Crippen LogP contribution >= 0.6 is 0 Å². The van der Waals surface area contributed by atoms with Crippen molar-refractivity contribution in [3.05, 3.63) is 35.4 Å². The summed E-state index contributed by atoms with van der Waals surface area (Å²) < 4.78 is 5.25. The second-order valence-electron chi connectivity index (χ2n) is 6.42. The Bertz CT molecular complexity index is 435. The van der Waals surface area contributed by atoms with Gasteiger partial charge in [0, 0.05) is 25.7 Å². The van der Waals surface area contributed by atoms with Crippen LogP contribution in [0.4, 0.5) is 0 Å². The fraction of sp³-hybridized carbons (Fsp3) is 0.667. The van der Waals surface area contributed by atoms with Crippen LogP contribution < -0.4 is 5.73 Å². The lowest BCUT2D eigenvalue weighted by Crippen LogP contribution is -2.43. The van der Waals surface area contributed by atoms with Crippen LogP contribution in [-0.4, -0.2) is 31.6 Å². The van der Waals surface area contributed by atoms with E-state index in [4.69, 9.17) is 10.5 Å². The highest BCUT2D eigenvalue weighted by Crippen LogP contribution is 2.32. The molecule has 1 aliphatic carbocycles. The molecule has 0 bridgehead atoms. The first-order valence-corrected chi connectivity index (χ1v) is 8.17. The van der Waals surface area contributed by atoms with E-state index in [-0.39, 0.29) is 0 Å². The van der Waals surface area contributed by atoms with Crippen molar-refractivity contribution < 1.29 is 4.74 Å². The quantitative estimate of drug-likeness (QED) is 0.873. The molecule has 3 atom stereocenters. The molecule has 1 aromatic carbocycles. The van der Waals surface area contributed by atoms with Crippen LogP contribution in [0.3, 0.4) is 0 Å². The molecule has 21 heavy (non-hydrogen) atoms. The Balaban J connectivity index is 2.15. The van der Waals surface area contributed by atoms with Crippen molar-refractivity contribution in [2.75, 3.05) is 20.7 Å². The minimum atomic E-state index is 0.298.